The van der Waals surface area contributed by atoms with Gasteiger partial charge in [0.05, 0.1) is 5.69 Å². The van der Waals surface area contributed by atoms with E-state index >= 15 is 0 Å². The van der Waals surface area contributed by atoms with Gasteiger partial charge in [-0.15, -0.1) is 11.3 Å². The van der Waals surface area contributed by atoms with E-state index in [9.17, 15) is 4.79 Å². The van der Waals surface area contributed by atoms with Gasteiger partial charge in [0.15, 0.2) is 0 Å². The third-order valence-electron chi connectivity index (χ3n) is 2.42. The normalized spacial score (nSPS) is 10.5. The van der Waals surface area contributed by atoms with Crippen molar-refractivity contribution in [3.63, 3.8) is 0 Å². The molecule has 96 valence electrons. The van der Waals surface area contributed by atoms with Crippen LogP contribution in [0.15, 0.2) is 23.8 Å². The predicted molar refractivity (Wildman–Crippen MR) is 70.9 cm³/mol. The van der Waals surface area contributed by atoms with Gasteiger partial charge < -0.3 is 5.32 Å². The first-order valence-corrected chi connectivity index (χ1v) is 6.88. The standard InChI is InChI=1S/C12H16N4OS/c1-2-4-11(17)13-7-5-10-9-18-12(15-10)16-8-3-6-14-16/h3,6,8-9H,2,4-5,7H2,1H3,(H,13,17). The van der Waals surface area contributed by atoms with Crippen molar-refractivity contribution in [3.05, 3.63) is 29.5 Å². The summed E-state index contributed by atoms with van der Waals surface area (Å²) in [6, 6.07) is 1.87. The van der Waals surface area contributed by atoms with Crippen LogP contribution in [-0.2, 0) is 11.2 Å². The van der Waals surface area contributed by atoms with Crippen LogP contribution in [-0.4, -0.2) is 27.2 Å². The van der Waals surface area contributed by atoms with Crippen molar-refractivity contribution < 1.29 is 4.79 Å². The lowest BCUT2D eigenvalue weighted by Gasteiger charge is -2.01. The highest BCUT2D eigenvalue weighted by Gasteiger charge is 2.04. The first-order valence-electron chi connectivity index (χ1n) is 6.00. The van der Waals surface area contributed by atoms with E-state index in [1.165, 1.54) is 0 Å². The number of hydrogen-bond acceptors (Lipinski definition) is 4. The van der Waals surface area contributed by atoms with Crippen molar-refractivity contribution in [2.75, 3.05) is 6.54 Å². The van der Waals surface area contributed by atoms with Crippen LogP contribution in [0.4, 0.5) is 0 Å². The van der Waals surface area contributed by atoms with Gasteiger partial charge in [-0.2, -0.15) is 5.10 Å². The average molecular weight is 264 g/mol. The van der Waals surface area contributed by atoms with Gasteiger partial charge in [0, 0.05) is 37.2 Å². The summed E-state index contributed by atoms with van der Waals surface area (Å²) in [7, 11) is 0. The first kappa shape index (κ1) is 12.8. The third kappa shape index (κ3) is 3.40. The first-order chi connectivity index (χ1) is 8.79. The summed E-state index contributed by atoms with van der Waals surface area (Å²) in [6.45, 7) is 2.64. The summed E-state index contributed by atoms with van der Waals surface area (Å²) in [5.74, 6) is 0.111. The summed E-state index contributed by atoms with van der Waals surface area (Å²) >= 11 is 1.55. The number of carbonyl (C=O) groups excluding carboxylic acids is 1. The largest absolute Gasteiger partial charge is 0.356 e. The van der Waals surface area contributed by atoms with E-state index < -0.39 is 0 Å². The van der Waals surface area contributed by atoms with Crippen LogP contribution < -0.4 is 5.32 Å². The molecule has 0 atom stereocenters. The number of nitrogens with zero attached hydrogens (tertiary/aromatic N) is 3. The molecule has 0 aliphatic rings. The Morgan fingerprint density at radius 1 is 1.56 bits per heavy atom. The van der Waals surface area contributed by atoms with Crippen molar-refractivity contribution >= 4 is 17.2 Å². The molecule has 1 amide bonds. The minimum absolute atomic E-state index is 0.111. The average Bonchev–Trinajstić information content (AvgIpc) is 2.99. The fourth-order valence-electron chi connectivity index (χ4n) is 1.54. The van der Waals surface area contributed by atoms with Crippen LogP contribution >= 0.6 is 11.3 Å². The number of rotatable bonds is 6. The molecule has 0 saturated heterocycles. The quantitative estimate of drug-likeness (QED) is 0.865. The van der Waals surface area contributed by atoms with Gasteiger partial charge in [0.25, 0.3) is 0 Å². The maximum atomic E-state index is 11.3. The highest BCUT2D eigenvalue weighted by Crippen LogP contribution is 2.13. The summed E-state index contributed by atoms with van der Waals surface area (Å²) < 4.78 is 1.74. The molecule has 6 heteroatoms. The Morgan fingerprint density at radius 2 is 2.44 bits per heavy atom. The van der Waals surface area contributed by atoms with E-state index in [2.05, 4.69) is 15.4 Å². The lowest BCUT2D eigenvalue weighted by Crippen LogP contribution is -2.25. The van der Waals surface area contributed by atoms with Crippen LogP contribution in [0.25, 0.3) is 5.13 Å². The summed E-state index contributed by atoms with van der Waals surface area (Å²) in [5.41, 5.74) is 0.988. The van der Waals surface area contributed by atoms with Crippen molar-refractivity contribution in [1.29, 1.82) is 0 Å². The predicted octanol–water partition coefficient (Wildman–Crippen LogP) is 1.79. The molecule has 0 aromatic carbocycles. The number of aromatic nitrogens is 3. The Labute approximate surface area is 110 Å². The van der Waals surface area contributed by atoms with Gasteiger partial charge >= 0.3 is 0 Å². The number of thiazole rings is 1. The van der Waals surface area contributed by atoms with Gasteiger partial charge in [0.1, 0.15) is 0 Å². The molecule has 0 radical (unpaired) electrons. The van der Waals surface area contributed by atoms with Crippen LogP contribution in [0, 0.1) is 0 Å². The molecule has 0 aliphatic carbocycles. The zero-order chi connectivity index (χ0) is 12.8. The molecule has 0 bridgehead atoms. The number of hydrogen-bond donors (Lipinski definition) is 1. The summed E-state index contributed by atoms with van der Waals surface area (Å²) in [5, 5.41) is 9.87. The Balaban J connectivity index is 1.82. The number of carbonyl (C=O) groups is 1. The Morgan fingerprint density at radius 3 is 3.17 bits per heavy atom. The van der Waals surface area contributed by atoms with Crippen molar-refractivity contribution in [3.8, 4) is 5.13 Å². The van der Waals surface area contributed by atoms with E-state index in [1.807, 2.05) is 24.6 Å². The van der Waals surface area contributed by atoms with Crippen LogP contribution in [0.3, 0.4) is 0 Å². The molecule has 0 spiro atoms. The van der Waals surface area contributed by atoms with E-state index in [-0.39, 0.29) is 5.91 Å². The van der Waals surface area contributed by atoms with E-state index in [0.717, 1.165) is 23.7 Å². The molecule has 2 heterocycles. The van der Waals surface area contributed by atoms with E-state index in [4.69, 9.17) is 0 Å². The smallest absolute Gasteiger partial charge is 0.219 e. The molecule has 2 aromatic heterocycles. The fraction of sp³-hybridized carbons (Fsp3) is 0.417. The monoisotopic (exact) mass is 264 g/mol. The molecule has 0 unspecified atom stereocenters. The molecule has 1 N–H and O–H groups in total. The third-order valence-corrected chi connectivity index (χ3v) is 3.30. The highest BCUT2D eigenvalue weighted by molar-refractivity contribution is 7.12. The molecule has 5 nitrogen and oxygen atoms in total. The van der Waals surface area contributed by atoms with Crippen molar-refractivity contribution in [1.82, 2.24) is 20.1 Å². The van der Waals surface area contributed by atoms with Crippen LogP contribution in [0.5, 0.6) is 0 Å². The molecule has 2 rings (SSSR count). The second kappa shape index (κ2) is 6.30. The van der Waals surface area contributed by atoms with Crippen LogP contribution in [0.2, 0.25) is 0 Å². The molecular formula is C12H16N4OS. The minimum atomic E-state index is 0.111. The van der Waals surface area contributed by atoms with Crippen LogP contribution in [0.1, 0.15) is 25.5 Å². The Bertz CT molecular complexity index is 492. The molecule has 2 aromatic rings. The molecular weight excluding hydrogens is 248 g/mol. The van der Waals surface area contributed by atoms with Crippen molar-refractivity contribution in [2.24, 2.45) is 0 Å². The van der Waals surface area contributed by atoms with Crippen molar-refractivity contribution in [2.45, 2.75) is 26.2 Å². The summed E-state index contributed by atoms with van der Waals surface area (Å²) in [6.07, 6.45) is 5.83. The second-order valence-corrected chi connectivity index (χ2v) is 4.76. The highest BCUT2D eigenvalue weighted by atomic mass is 32.1. The molecule has 18 heavy (non-hydrogen) atoms. The lowest BCUT2D eigenvalue weighted by molar-refractivity contribution is -0.121. The number of nitrogens with one attached hydrogen (secondary N) is 1. The Hall–Kier alpha value is -1.69. The maximum Gasteiger partial charge on any atom is 0.219 e. The number of amides is 1. The van der Waals surface area contributed by atoms with Gasteiger partial charge in [-0.25, -0.2) is 9.67 Å². The molecule has 0 aliphatic heterocycles. The molecule has 0 saturated carbocycles. The lowest BCUT2D eigenvalue weighted by atomic mass is 10.3. The second-order valence-electron chi connectivity index (χ2n) is 3.92. The van der Waals surface area contributed by atoms with E-state index in [1.54, 1.807) is 22.2 Å². The zero-order valence-corrected chi connectivity index (χ0v) is 11.1. The van der Waals surface area contributed by atoms with E-state index in [0.29, 0.717) is 13.0 Å². The fourth-order valence-corrected chi connectivity index (χ4v) is 2.34. The Kier molecular flexibility index (Phi) is 4.46. The van der Waals surface area contributed by atoms with Gasteiger partial charge in [-0.1, -0.05) is 6.92 Å². The summed E-state index contributed by atoms with van der Waals surface area (Å²) in [4.78, 5) is 15.7. The minimum Gasteiger partial charge on any atom is -0.356 e. The SMILES string of the molecule is CCCC(=O)NCCc1csc(-n2cccn2)n1. The molecule has 0 fully saturated rings. The maximum absolute atomic E-state index is 11.3. The van der Waals surface area contributed by atoms with Gasteiger partial charge in [0.2, 0.25) is 11.0 Å². The topological polar surface area (TPSA) is 59.8 Å². The zero-order valence-electron chi connectivity index (χ0n) is 10.3. The van der Waals surface area contributed by atoms with Gasteiger partial charge in [-0.05, 0) is 12.5 Å². The van der Waals surface area contributed by atoms with Gasteiger partial charge in [-0.3, -0.25) is 4.79 Å².